The van der Waals surface area contributed by atoms with Gasteiger partial charge in [0, 0.05) is 24.5 Å². The van der Waals surface area contributed by atoms with Gasteiger partial charge in [-0.15, -0.1) is 0 Å². The zero-order valence-corrected chi connectivity index (χ0v) is 16.7. The second-order valence-electron chi connectivity index (χ2n) is 9.10. The molecule has 0 aromatic carbocycles. The Morgan fingerprint density at radius 2 is 1.64 bits per heavy atom. The summed E-state index contributed by atoms with van der Waals surface area (Å²) in [4.78, 5) is 26.6. The molecule has 0 unspecified atom stereocenters. The van der Waals surface area contributed by atoms with Gasteiger partial charge in [-0.1, -0.05) is 33.1 Å². The van der Waals surface area contributed by atoms with Crippen molar-refractivity contribution in [1.82, 2.24) is 10.2 Å². The van der Waals surface area contributed by atoms with Crippen LogP contribution >= 0.6 is 0 Å². The molecule has 0 spiro atoms. The maximum atomic E-state index is 12.4. The molecule has 0 bridgehead atoms. The van der Waals surface area contributed by atoms with Crippen molar-refractivity contribution >= 4 is 12.0 Å². The maximum Gasteiger partial charge on any atom is 0.410 e. The summed E-state index contributed by atoms with van der Waals surface area (Å²) in [5.74, 6) is 0.658. The number of likely N-dealkylation sites (tertiary alicyclic amines) is 1. The standard InChI is InChI=1S/C20H36N2O3/c1-15(2)17(23)21-20(16-9-7-6-8-10-16)11-13-22(14-12-20)18(24)25-19(3,4)5/h15-16H,6-14H2,1-5H3,(H,21,23). The van der Waals surface area contributed by atoms with E-state index < -0.39 is 5.60 Å². The van der Waals surface area contributed by atoms with Crippen molar-refractivity contribution in [2.45, 2.75) is 90.7 Å². The molecule has 2 aliphatic rings. The Balaban J connectivity index is 2.06. The highest BCUT2D eigenvalue weighted by molar-refractivity contribution is 5.78. The van der Waals surface area contributed by atoms with E-state index in [9.17, 15) is 9.59 Å². The summed E-state index contributed by atoms with van der Waals surface area (Å²) in [6.07, 6.45) is 7.59. The Morgan fingerprint density at radius 3 is 2.12 bits per heavy atom. The third kappa shape index (κ3) is 5.35. The van der Waals surface area contributed by atoms with E-state index in [0.29, 0.717) is 19.0 Å². The number of nitrogens with zero attached hydrogens (tertiary/aromatic N) is 1. The topological polar surface area (TPSA) is 58.6 Å². The molecule has 5 nitrogen and oxygen atoms in total. The maximum absolute atomic E-state index is 12.4. The van der Waals surface area contributed by atoms with Crippen molar-refractivity contribution in [3.63, 3.8) is 0 Å². The van der Waals surface area contributed by atoms with Crippen molar-refractivity contribution < 1.29 is 14.3 Å². The van der Waals surface area contributed by atoms with Crippen LogP contribution in [0.3, 0.4) is 0 Å². The Hall–Kier alpha value is -1.26. The predicted octanol–water partition coefficient (Wildman–Crippen LogP) is 4.11. The van der Waals surface area contributed by atoms with Gasteiger partial charge in [-0.2, -0.15) is 0 Å². The van der Waals surface area contributed by atoms with Crippen molar-refractivity contribution in [3.8, 4) is 0 Å². The number of hydrogen-bond acceptors (Lipinski definition) is 3. The Bertz CT molecular complexity index is 468. The highest BCUT2D eigenvalue weighted by Gasteiger charge is 2.44. The van der Waals surface area contributed by atoms with Crippen molar-refractivity contribution in [2.24, 2.45) is 11.8 Å². The van der Waals surface area contributed by atoms with E-state index in [4.69, 9.17) is 4.74 Å². The number of hydrogen-bond donors (Lipinski definition) is 1. The summed E-state index contributed by atoms with van der Waals surface area (Å²) >= 11 is 0. The fraction of sp³-hybridized carbons (Fsp3) is 0.900. The van der Waals surface area contributed by atoms with E-state index in [0.717, 1.165) is 12.8 Å². The molecule has 0 radical (unpaired) electrons. The lowest BCUT2D eigenvalue weighted by atomic mass is 9.69. The fourth-order valence-corrected chi connectivity index (χ4v) is 4.09. The van der Waals surface area contributed by atoms with E-state index in [1.54, 1.807) is 4.90 Å². The number of carbonyl (C=O) groups excluding carboxylic acids is 2. The first-order chi connectivity index (χ1) is 11.6. The van der Waals surface area contributed by atoms with Gasteiger partial charge in [-0.05, 0) is 52.4 Å². The van der Waals surface area contributed by atoms with Gasteiger partial charge in [0.1, 0.15) is 5.60 Å². The monoisotopic (exact) mass is 352 g/mol. The summed E-state index contributed by atoms with van der Waals surface area (Å²) in [7, 11) is 0. The lowest BCUT2D eigenvalue weighted by molar-refractivity contribution is -0.127. The molecule has 2 fully saturated rings. The Morgan fingerprint density at radius 1 is 1.08 bits per heavy atom. The minimum Gasteiger partial charge on any atom is -0.444 e. The lowest BCUT2D eigenvalue weighted by Gasteiger charge is -2.48. The predicted molar refractivity (Wildman–Crippen MR) is 99.3 cm³/mol. The number of carbonyl (C=O) groups is 2. The highest BCUT2D eigenvalue weighted by Crippen LogP contribution is 2.39. The first-order valence-electron chi connectivity index (χ1n) is 9.93. The molecular formula is C20H36N2O3. The van der Waals surface area contributed by atoms with Gasteiger partial charge in [-0.3, -0.25) is 4.79 Å². The van der Waals surface area contributed by atoms with Crippen molar-refractivity contribution in [1.29, 1.82) is 0 Å². The zero-order valence-electron chi connectivity index (χ0n) is 16.7. The molecule has 0 aromatic rings. The van der Waals surface area contributed by atoms with Crippen LogP contribution in [0.1, 0.15) is 79.6 Å². The van der Waals surface area contributed by atoms with Crippen LogP contribution in [-0.4, -0.2) is 41.1 Å². The van der Waals surface area contributed by atoms with E-state index in [1.165, 1.54) is 32.1 Å². The van der Waals surface area contributed by atoms with Crippen LogP contribution in [0.15, 0.2) is 0 Å². The van der Waals surface area contributed by atoms with Gasteiger partial charge in [0.05, 0.1) is 0 Å². The molecule has 25 heavy (non-hydrogen) atoms. The molecule has 1 saturated heterocycles. The summed E-state index contributed by atoms with van der Waals surface area (Å²) in [6, 6.07) is 0. The molecule has 1 saturated carbocycles. The largest absolute Gasteiger partial charge is 0.444 e. The van der Waals surface area contributed by atoms with Crippen molar-refractivity contribution in [3.05, 3.63) is 0 Å². The Labute approximate surface area is 152 Å². The Kier molecular flexibility index (Phi) is 6.39. The zero-order chi connectivity index (χ0) is 18.7. The number of rotatable bonds is 3. The van der Waals surface area contributed by atoms with Crippen molar-refractivity contribution in [2.75, 3.05) is 13.1 Å². The third-order valence-electron chi connectivity index (χ3n) is 5.59. The second kappa shape index (κ2) is 7.96. The molecule has 0 atom stereocenters. The number of amides is 2. The molecule has 144 valence electrons. The van der Waals surface area contributed by atoms with Gasteiger partial charge in [0.15, 0.2) is 0 Å². The van der Waals surface area contributed by atoms with Crippen LogP contribution in [0, 0.1) is 11.8 Å². The number of piperidine rings is 1. The minimum absolute atomic E-state index is 0.00986. The van der Waals surface area contributed by atoms with Crippen LogP contribution in [0.4, 0.5) is 4.79 Å². The molecule has 0 aromatic heterocycles. The third-order valence-corrected chi connectivity index (χ3v) is 5.59. The first-order valence-corrected chi connectivity index (χ1v) is 9.93. The SMILES string of the molecule is CC(C)C(=O)NC1(C2CCCCC2)CCN(C(=O)OC(C)(C)C)CC1. The summed E-state index contributed by atoms with van der Waals surface area (Å²) in [5.41, 5.74) is -0.624. The van der Waals surface area contributed by atoms with Crippen LogP contribution in [0.2, 0.25) is 0 Å². The van der Waals surface area contributed by atoms with Crippen LogP contribution < -0.4 is 5.32 Å². The quantitative estimate of drug-likeness (QED) is 0.831. The molecule has 1 N–H and O–H groups in total. The minimum atomic E-state index is -0.471. The normalized spacial score (nSPS) is 21.9. The van der Waals surface area contributed by atoms with Crippen LogP contribution in [-0.2, 0) is 9.53 Å². The average Bonchev–Trinajstić information content (AvgIpc) is 2.54. The highest BCUT2D eigenvalue weighted by atomic mass is 16.6. The van der Waals surface area contributed by atoms with Gasteiger partial charge in [-0.25, -0.2) is 4.79 Å². The smallest absolute Gasteiger partial charge is 0.410 e. The van der Waals surface area contributed by atoms with Crippen LogP contribution in [0.25, 0.3) is 0 Å². The second-order valence-corrected chi connectivity index (χ2v) is 9.10. The van der Waals surface area contributed by atoms with Crippen LogP contribution in [0.5, 0.6) is 0 Å². The fourth-order valence-electron chi connectivity index (χ4n) is 4.09. The summed E-state index contributed by atoms with van der Waals surface area (Å²) < 4.78 is 5.51. The van der Waals surface area contributed by atoms with E-state index >= 15 is 0 Å². The van der Waals surface area contributed by atoms with Gasteiger partial charge >= 0.3 is 6.09 Å². The molecule has 2 rings (SSSR count). The average molecular weight is 353 g/mol. The molecule has 1 heterocycles. The molecule has 1 aliphatic carbocycles. The molecular weight excluding hydrogens is 316 g/mol. The van der Waals surface area contributed by atoms with Gasteiger partial charge in [0.2, 0.25) is 5.91 Å². The lowest BCUT2D eigenvalue weighted by Crippen LogP contribution is -2.61. The molecule has 5 heteroatoms. The first kappa shape index (κ1) is 20.1. The van der Waals surface area contributed by atoms with E-state index in [-0.39, 0.29) is 23.5 Å². The number of nitrogens with one attached hydrogen (secondary N) is 1. The molecule has 1 aliphatic heterocycles. The summed E-state index contributed by atoms with van der Waals surface area (Å²) in [5, 5.41) is 3.39. The summed E-state index contributed by atoms with van der Waals surface area (Å²) in [6.45, 7) is 10.9. The van der Waals surface area contributed by atoms with E-state index in [2.05, 4.69) is 5.32 Å². The molecule has 2 amide bonds. The van der Waals surface area contributed by atoms with Gasteiger partial charge in [0.25, 0.3) is 0 Å². The van der Waals surface area contributed by atoms with Gasteiger partial charge < -0.3 is 15.0 Å². The number of ether oxygens (including phenoxy) is 1. The van der Waals surface area contributed by atoms with E-state index in [1.807, 2.05) is 34.6 Å².